The Morgan fingerprint density at radius 1 is 1.50 bits per heavy atom. The molecule has 0 spiro atoms. The molecule has 1 unspecified atom stereocenters. The molecule has 1 aliphatic heterocycles. The van der Waals surface area contributed by atoms with Crippen LogP contribution in [0.3, 0.4) is 0 Å². The van der Waals surface area contributed by atoms with Crippen LogP contribution >= 0.6 is 0 Å². The molecule has 1 saturated heterocycles. The van der Waals surface area contributed by atoms with Crippen molar-refractivity contribution in [1.82, 2.24) is 9.13 Å². The maximum absolute atomic E-state index is 12.0. The number of aryl methyl sites for hydroxylation is 1. The van der Waals surface area contributed by atoms with Gasteiger partial charge in [0.1, 0.15) is 5.69 Å². The lowest BCUT2D eigenvalue weighted by Gasteiger charge is -2.12. The molecule has 2 rings (SSSR count). The Morgan fingerprint density at radius 3 is 2.89 bits per heavy atom. The van der Waals surface area contributed by atoms with E-state index in [2.05, 4.69) is 0 Å². The van der Waals surface area contributed by atoms with Gasteiger partial charge in [-0.05, 0) is 26.2 Å². The van der Waals surface area contributed by atoms with E-state index in [1.165, 1.54) is 15.3 Å². The summed E-state index contributed by atoms with van der Waals surface area (Å²) in [5.41, 5.74) is 5.04. The Balaban J connectivity index is 2.23. The van der Waals surface area contributed by atoms with Crippen LogP contribution in [0.1, 0.15) is 26.2 Å². The summed E-state index contributed by atoms with van der Waals surface area (Å²) in [7, 11) is 0. The van der Waals surface area contributed by atoms with Gasteiger partial charge in [0.15, 0.2) is 0 Å². The molecule has 1 aromatic rings. The van der Waals surface area contributed by atoms with E-state index in [-0.39, 0.29) is 17.5 Å². The van der Waals surface area contributed by atoms with Gasteiger partial charge in [0.2, 0.25) is 0 Å². The van der Waals surface area contributed by atoms with Gasteiger partial charge in [-0.2, -0.15) is 0 Å². The van der Waals surface area contributed by atoms with Crippen molar-refractivity contribution in [1.29, 1.82) is 0 Å². The Bertz CT molecular complexity index is 526. The first kappa shape index (κ1) is 12.9. The molecule has 0 aliphatic carbocycles. The molecule has 0 aromatic carbocycles. The monoisotopic (exact) mass is 253 g/mol. The molecule has 0 radical (unpaired) electrons. The van der Waals surface area contributed by atoms with Crippen molar-refractivity contribution >= 4 is 5.69 Å². The molecule has 2 heterocycles. The third-order valence-corrected chi connectivity index (χ3v) is 3.30. The van der Waals surface area contributed by atoms with Crippen molar-refractivity contribution in [3.05, 3.63) is 27.0 Å². The van der Waals surface area contributed by atoms with Gasteiger partial charge in [-0.25, -0.2) is 4.79 Å². The van der Waals surface area contributed by atoms with E-state index in [9.17, 15) is 9.59 Å². The summed E-state index contributed by atoms with van der Waals surface area (Å²) in [6.45, 7) is 3.49. The fourth-order valence-corrected chi connectivity index (χ4v) is 2.24. The van der Waals surface area contributed by atoms with Crippen molar-refractivity contribution in [3.63, 3.8) is 0 Å². The van der Waals surface area contributed by atoms with Crippen LogP contribution in [0.5, 0.6) is 0 Å². The molecule has 1 atom stereocenters. The van der Waals surface area contributed by atoms with E-state index in [1.54, 1.807) is 0 Å². The van der Waals surface area contributed by atoms with Gasteiger partial charge in [-0.1, -0.05) is 0 Å². The number of hydrogen-bond acceptors (Lipinski definition) is 4. The van der Waals surface area contributed by atoms with Gasteiger partial charge in [-0.3, -0.25) is 13.9 Å². The molecule has 1 aliphatic rings. The molecular weight excluding hydrogens is 234 g/mol. The third kappa shape index (κ3) is 2.48. The molecule has 6 nitrogen and oxygen atoms in total. The lowest BCUT2D eigenvalue weighted by atomic mass is 10.2. The second-order valence-electron chi connectivity index (χ2n) is 4.53. The summed E-state index contributed by atoms with van der Waals surface area (Å²) < 4.78 is 8.15. The van der Waals surface area contributed by atoms with E-state index >= 15 is 0 Å². The smallest absolute Gasteiger partial charge is 0.331 e. The number of rotatable bonds is 4. The van der Waals surface area contributed by atoms with Gasteiger partial charge in [0, 0.05) is 25.9 Å². The van der Waals surface area contributed by atoms with Gasteiger partial charge >= 0.3 is 5.69 Å². The van der Waals surface area contributed by atoms with E-state index in [0.29, 0.717) is 19.5 Å². The Morgan fingerprint density at radius 2 is 2.28 bits per heavy atom. The quantitative estimate of drug-likeness (QED) is 0.830. The summed E-state index contributed by atoms with van der Waals surface area (Å²) in [4.78, 5) is 23.9. The second kappa shape index (κ2) is 5.39. The SMILES string of the molecule is CCn1cc(N)c(=O)n(CCC2CCCO2)c1=O. The zero-order valence-electron chi connectivity index (χ0n) is 10.6. The van der Waals surface area contributed by atoms with Crippen molar-refractivity contribution in [2.45, 2.75) is 45.4 Å². The van der Waals surface area contributed by atoms with Crippen LogP contribution < -0.4 is 17.0 Å². The molecule has 1 fully saturated rings. The molecule has 6 heteroatoms. The minimum Gasteiger partial charge on any atom is -0.393 e. The third-order valence-electron chi connectivity index (χ3n) is 3.30. The normalized spacial score (nSPS) is 19.3. The number of nitrogen functional groups attached to an aromatic ring is 1. The van der Waals surface area contributed by atoms with Crippen LogP contribution in [0, 0.1) is 0 Å². The molecular formula is C12H19N3O3. The predicted molar refractivity (Wildman–Crippen MR) is 68.6 cm³/mol. The van der Waals surface area contributed by atoms with Crippen molar-refractivity contribution in [2.75, 3.05) is 12.3 Å². The fourth-order valence-electron chi connectivity index (χ4n) is 2.24. The van der Waals surface area contributed by atoms with Crippen LogP contribution in [0.2, 0.25) is 0 Å². The number of aromatic nitrogens is 2. The number of ether oxygens (including phenoxy) is 1. The maximum Gasteiger partial charge on any atom is 0.331 e. The van der Waals surface area contributed by atoms with Crippen LogP contribution in [-0.4, -0.2) is 21.8 Å². The average Bonchev–Trinajstić information content (AvgIpc) is 2.87. The minimum absolute atomic E-state index is 0.115. The van der Waals surface area contributed by atoms with E-state index < -0.39 is 5.56 Å². The highest BCUT2D eigenvalue weighted by atomic mass is 16.5. The molecule has 0 bridgehead atoms. The van der Waals surface area contributed by atoms with Crippen LogP contribution in [-0.2, 0) is 17.8 Å². The highest BCUT2D eigenvalue weighted by Crippen LogP contribution is 2.15. The van der Waals surface area contributed by atoms with Crippen molar-refractivity contribution in [3.8, 4) is 0 Å². The Labute approximate surface area is 105 Å². The molecule has 0 amide bonds. The first-order valence-corrected chi connectivity index (χ1v) is 6.35. The molecule has 100 valence electrons. The summed E-state index contributed by atoms with van der Waals surface area (Å²) >= 11 is 0. The number of nitrogens with two attached hydrogens (primary N) is 1. The molecule has 0 saturated carbocycles. The molecule has 2 N–H and O–H groups in total. The summed E-state index contributed by atoms with van der Waals surface area (Å²) in [6, 6.07) is 0. The second-order valence-corrected chi connectivity index (χ2v) is 4.53. The molecule has 18 heavy (non-hydrogen) atoms. The molecule has 1 aromatic heterocycles. The first-order chi connectivity index (χ1) is 8.63. The zero-order chi connectivity index (χ0) is 13.1. The van der Waals surface area contributed by atoms with Gasteiger partial charge in [0.25, 0.3) is 5.56 Å². The average molecular weight is 253 g/mol. The number of hydrogen-bond donors (Lipinski definition) is 1. The predicted octanol–water partition coefficient (Wildman–Crippen LogP) is 0.181. The van der Waals surface area contributed by atoms with Gasteiger partial charge < -0.3 is 10.5 Å². The number of nitrogens with zero attached hydrogens (tertiary/aromatic N) is 2. The largest absolute Gasteiger partial charge is 0.393 e. The van der Waals surface area contributed by atoms with Gasteiger partial charge in [-0.15, -0.1) is 0 Å². The van der Waals surface area contributed by atoms with Crippen molar-refractivity contribution < 1.29 is 4.74 Å². The lowest BCUT2D eigenvalue weighted by Crippen LogP contribution is -2.41. The Hall–Kier alpha value is -1.56. The zero-order valence-corrected chi connectivity index (χ0v) is 10.6. The van der Waals surface area contributed by atoms with Crippen LogP contribution in [0.25, 0.3) is 0 Å². The van der Waals surface area contributed by atoms with Crippen LogP contribution in [0.4, 0.5) is 5.69 Å². The lowest BCUT2D eigenvalue weighted by molar-refractivity contribution is 0.0996. The number of anilines is 1. The van der Waals surface area contributed by atoms with Gasteiger partial charge in [0.05, 0.1) is 6.10 Å². The standard InChI is InChI=1S/C12H19N3O3/c1-2-14-8-10(13)11(16)15(12(14)17)6-5-9-4-3-7-18-9/h8-9H,2-7,13H2,1H3. The van der Waals surface area contributed by atoms with Crippen molar-refractivity contribution in [2.24, 2.45) is 0 Å². The van der Waals surface area contributed by atoms with Crippen LogP contribution in [0.15, 0.2) is 15.8 Å². The first-order valence-electron chi connectivity index (χ1n) is 6.35. The minimum atomic E-state index is -0.400. The fraction of sp³-hybridized carbons (Fsp3) is 0.667. The van der Waals surface area contributed by atoms with E-state index in [0.717, 1.165) is 19.4 Å². The summed E-state index contributed by atoms with van der Waals surface area (Å²) in [6.07, 6.45) is 4.30. The highest BCUT2D eigenvalue weighted by molar-refractivity contribution is 5.30. The Kier molecular flexibility index (Phi) is 3.86. The summed E-state index contributed by atoms with van der Waals surface area (Å²) in [5, 5.41) is 0. The highest BCUT2D eigenvalue weighted by Gasteiger charge is 2.17. The maximum atomic E-state index is 12.0. The topological polar surface area (TPSA) is 79.2 Å². The van der Waals surface area contributed by atoms with E-state index in [4.69, 9.17) is 10.5 Å². The van der Waals surface area contributed by atoms with E-state index in [1.807, 2.05) is 6.92 Å². The summed E-state index contributed by atoms with van der Waals surface area (Å²) in [5.74, 6) is 0.